The molecule has 0 atom stereocenters. The van der Waals surface area contributed by atoms with Crippen molar-refractivity contribution in [3.05, 3.63) is 42.0 Å². The van der Waals surface area contributed by atoms with E-state index in [1.165, 1.54) is 77.0 Å². The lowest BCUT2D eigenvalue weighted by molar-refractivity contribution is 0.466. The Balaban J connectivity index is 1.85. The summed E-state index contributed by atoms with van der Waals surface area (Å²) in [6.07, 6.45) is 21.6. The molecule has 130 valence electrons. The van der Waals surface area contributed by atoms with Crippen LogP contribution in [-0.4, -0.2) is 5.11 Å². The number of para-hydroxylation sites is 1. The number of unbranched alkanes of at least 4 members (excludes halogenated alkanes) is 10. The summed E-state index contributed by atoms with van der Waals surface area (Å²) in [5.74, 6) is 0.453. The van der Waals surface area contributed by atoms with Crippen LogP contribution >= 0.6 is 0 Å². The zero-order valence-electron chi connectivity index (χ0n) is 15.1. The Kier molecular flexibility index (Phi) is 12.4. The lowest BCUT2D eigenvalue weighted by Crippen LogP contribution is -1.87. The van der Waals surface area contributed by atoms with Gasteiger partial charge in [-0.3, -0.25) is 0 Å². The average Bonchev–Trinajstić information content (AvgIpc) is 2.57. The van der Waals surface area contributed by atoms with E-state index in [4.69, 9.17) is 0 Å². The minimum absolute atomic E-state index is 0.453. The molecule has 0 spiro atoms. The van der Waals surface area contributed by atoms with Gasteiger partial charge in [0.05, 0.1) is 0 Å². The molecule has 0 fully saturated rings. The molecule has 1 heteroatoms. The molecule has 0 unspecified atom stereocenters. The van der Waals surface area contributed by atoms with E-state index in [0.717, 1.165) is 12.0 Å². The highest BCUT2D eigenvalue weighted by molar-refractivity contribution is 5.31. The van der Waals surface area contributed by atoms with Gasteiger partial charge in [-0.1, -0.05) is 82.2 Å². The van der Waals surface area contributed by atoms with Crippen molar-refractivity contribution < 1.29 is 5.11 Å². The van der Waals surface area contributed by atoms with Gasteiger partial charge in [-0.15, -0.1) is 0 Å². The molecule has 0 aliphatic heterocycles. The number of phenols is 1. The summed E-state index contributed by atoms with van der Waals surface area (Å²) in [6, 6.07) is 7.71. The van der Waals surface area contributed by atoms with E-state index in [9.17, 15) is 5.11 Å². The van der Waals surface area contributed by atoms with Crippen molar-refractivity contribution in [3.8, 4) is 5.75 Å². The standard InChI is InChI=1S/C22H36O/c1-2-3-4-5-6-7-8-9-10-11-12-13-14-15-18-21-19-16-17-20-22(21)23/h7-8,16-17,19-20,23H,2-6,9-15,18H2,1H3/b8-7-. The third kappa shape index (κ3) is 11.0. The number of hydrogen-bond acceptors (Lipinski definition) is 1. The van der Waals surface area contributed by atoms with Crippen molar-refractivity contribution in [3.63, 3.8) is 0 Å². The zero-order chi connectivity index (χ0) is 16.6. The Hall–Kier alpha value is -1.24. The van der Waals surface area contributed by atoms with Crippen molar-refractivity contribution in [2.45, 2.75) is 90.4 Å². The normalized spacial score (nSPS) is 11.3. The quantitative estimate of drug-likeness (QED) is 0.284. The van der Waals surface area contributed by atoms with E-state index in [0.29, 0.717) is 5.75 Å². The van der Waals surface area contributed by atoms with Crippen LogP contribution < -0.4 is 0 Å². The first kappa shape index (κ1) is 19.8. The van der Waals surface area contributed by atoms with Gasteiger partial charge in [0.15, 0.2) is 0 Å². The van der Waals surface area contributed by atoms with E-state index < -0.39 is 0 Å². The van der Waals surface area contributed by atoms with E-state index in [2.05, 4.69) is 19.1 Å². The fourth-order valence-corrected chi connectivity index (χ4v) is 2.93. The minimum Gasteiger partial charge on any atom is -0.508 e. The van der Waals surface area contributed by atoms with Crippen LogP contribution in [0.3, 0.4) is 0 Å². The van der Waals surface area contributed by atoms with Gasteiger partial charge in [0.25, 0.3) is 0 Å². The van der Waals surface area contributed by atoms with Crippen LogP contribution in [-0.2, 0) is 6.42 Å². The van der Waals surface area contributed by atoms with Crippen molar-refractivity contribution in [2.75, 3.05) is 0 Å². The first-order chi connectivity index (χ1) is 11.3. The Morgan fingerprint density at radius 2 is 1.30 bits per heavy atom. The summed E-state index contributed by atoms with van der Waals surface area (Å²) >= 11 is 0. The molecule has 0 aromatic heterocycles. The summed E-state index contributed by atoms with van der Waals surface area (Å²) in [4.78, 5) is 0. The van der Waals surface area contributed by atoms with Gasteiger partial charge in [-0.2, -0.15) is 0 Å². The van der Waals surface area contributed by atoms with Gasteiger partial charge in [-0.05, 0) is 50.2 Å². The molecule has 1 aromatic rings. The van der Waals surface area contributed by atoms with Gasteiger partial charge in [-0.25, -0.2) is 0 Å². The molecule has 0 aliphatic rings. The molecular formula is C22H36O. The summed E-state index contributed by atoms with van der Waals surface area (Å²) in [7, 11) is 0. The molecule has 0 radical (unpaired) electrons. The van der Waals surface area contributed by atoms with E-state index in [1.807, 2.05) is 18.2 Å². The van der Waals surface area contributed by atoms with Gasteiger partial charge in [0, 0.05) is 0 Å². The lowest BCUT2D eigenvalue weighted by atomic mass is 10.0. The third-order valence-electron chi connectivity index (χ3n) is 4.45. The monoisotopic (exact) mass is 316 g/mol. The van der Waals surface area contributed by atoms with E-state index in [1.54, 1.807) is 6.07 Å². The summed E-state index contributed by atoms with van der Waals surface area (Å²) < 4.78 is 0. The highest BCUT2D eigenvalue weighted by atomic mass is 16.3. The molecule has 0 saturated heterocycles. The number of aromatic hydroxyl groups is 1. The van der Waals surface area contributed by atoms with Crippen molar-refractivity contribution in [1.82, 2.24) is 0 Å². The van der Waals surface area contributed by atoms with Crippen LogP contribution in [0, 0.1) is 0 Å². The molecule has 0 amide bonds. The average molecular weight is 317 g/mol. The molecule has 23 heavy (non-hydrogen) atoms. The second kappa shape index (κ2) is 14.4. The van der Waals surface area contributed by atoms with Crippen molar-refractivity contribution >= 4 is 0 Å². The van der Waals surface area contributed by atoms with Gasteiger partial charge < -0.3 is 5.11 Å². The Morgan fingerprint density at radius 3 is 1.96 bits per heavy atom. The Morgan fingerprint density at radius 1 is 0.739 bits per heavy atom. The molecule has 1 rings (SSSR count). The van der Waals surface area contributed by atoms with Gasteiger partial charge in [0.1, 0.15) is 5.75 Å². The first-order valence-electron chi connectivity index (χ1n) is 9.76. The fraction of sp³-hybridized carbons (Fsp3) is 0.636. The lowest BCUT2D eigenvalue weighted by Gasteiger charge is -2.04. The molecular weight excluding hydrogens is 280 g/mol. The maximum Gasteiger partial charge on any atom is 0.118 e. The van der Waals surface area contributed by atoms with E-state index >= 15 is 0 Å². The van der Waals surface area contributed by atoms with Gasteiger partial charge in [0.2, 0.25) is 0 Å². The second-order valence-corrected chi connectivity index (χ2v) is 6.61. The summed E-state index contributed by atoms with van der Waals surface area (Å²) in [6.45, 7) is 2.27. The molecule has 1 N–H and O–H groups in total. The molecule has 1 nitrogen and oxygen atoms in total. The minimum atomic E-state index is 0.453. The smallest absolute Gasteiger partial charge is 0.118 e. The van der Waals surface area contributed by atoms with Crippen LogP contribution in [0.2, 0.25) is 0 Å². The Labute approximate surface area is 143 Å². The largest absolute Gasteiger partial charge is 0.508 e. The maximum atomic E-state index is 9.71. The van der Waals surface area contributed by atoms with Crippen LogP contribution in [0.5, 0.6) is 5.75 Å². The summed E-state index contributed by atoms with van der Waals surface area (Å²) in [5, 5.41) is 9.71. The van der Waals surface area contributed by atoms with E-state index in [-0.39, 0.29) is 0 Å². The van der Waals surface area contributed by atoms with Crippen molar-refractivity contribution in [2.24, 2.45) is 0 Å². The van der Waals surface area contributed by atoms with Crippen LogP contribution in [0.1, 0.15) is 89.5 Å². The topological polar surface area (TPSA) is 20.2 Å². The number of phenolic OH excluding ortho intramolecular Hbond substituents is 1. The second-order valence-electron chi connectivity index (χ2n) is 6.61. The maximum absolute atomic E-state index is 9.71. The fourth-order valence-electron chi connectivity index (χ4n) is 2.93. The number of aryl methyl sites for hydroxylation is 1. The highest BCUT2D eigenvalue weighted by Gasteiger charge is 1.99. The van der Waals surface area contributed by atoms with Gasteiger partial charge >= 0.3 is 0 Å². The van der Waals surface area contributed by atoms with Crippen LogP contribution in [0.15, 0.2) is 36.4 Å². The zero-order valence-corrected chi connectivity index (χ0v) is 15.1. The summed E-state index contributed by atoms with van der Waals surface area (Å²) in [5.41, 5.74) is 1.09. The van der Waals surface area contributed by atoms with Crippen LogP contribution in [0.25, 0.3) is 0 Å². The molecule has 0 saturated carbocycles. The molecule has 1 aromatic carbocycles. The third-order valence-corrected chi connectivity index (χ3v) is 4.45. The predicted molar refractivity (Wildman–Crippen MR) is 102 cm³/mol. The number of allylic oxidation sites excluding steroid dienone is 2. The molecule has 0 heterocycles. The molecule has 0 aliphatic carbocycles. The van der Waals surface area contributed by atoms with Crippen molar-refractivity contribution in [1.29, 1.82) is 0 Å². The predicted octanol–water partition coefficient (Wildman–Crippen LogP) is 7.19. The first-order valence-corrected chi connectivity index (χ1v) is 9.76. The number of rotatable bonds is 14. The number of hydrogen-bond donors (Lipinski definition) is 1. The molecule has 0 bridgehead atoms. The SMILES string of the molecule is CCCCCC/C=C\CCCCCCCCc1ccccc1O. The Bertz CT molecular complexity index is 408. The number of benzene rings is 1. The highest BCUT2D eigenvalue weighted by Crippen LogP contribution is 2.18. The van der Waals surface area contributed by atoms with Crippen LogP contribution in [0.4, 0.5) is 0 Å².